The summed E-state index contributed by atoms with van der Waals surface area (Å²) in [5.41, 5.74) is -0.145. The van der Waals surface area contributed by atoms with Crippen molar-refractivity contribution in [3.8, 4) is 0 Å². The molecular formula is C15H12F3NO4. The van der Waals surface area contributed by atoms with Gasteiger partial charge in [0.15, 0.2) is 12.2 Å². The number of fused-ring (bicyclic) bond motifs is 1. The number of oxazole rings is 1. The van der Waals surface area contributed by atoms with Gasteiger partial charge in [0.05, 0.1) is 24.0 Å². The molecule has 1 aliphatic heterocycles. The number of alkyl halides is 3. The molecule has 1 aromatic heterocycles. The quantitative estimate of drug-likeness (QED) is 0.806. The minimum absolute atomic E-state index is 0.0324. The number of carbonyl (C=O) groups is 1. The molecule has 2 heterocycles. The van der Waals surface area contributed by atoms with Crippen molar-refractivity contribution in [1.29, 1.82) is 0 Å². The van der Waals surface area contributed by atoms with Crippen LogP contribution in [0.15, 0.2) is 34.5 Å². The first-order valence-electron chi connectivity index (χ1n) is 6.88. The number of halogens is 3. The lowest BCUT2D eigenvalue weighted by molar-refractivity contribution is -0.141. The summed E-state index contributed by atoms with van der Waals surface area (Å²) >= 11 is 0. The number of esters is 1. The molecule has 1 aromatic carbocycles. The molecule has 0 unspecified atom stereocenters. The molecule has 3 rings (SSSR count). The maximum Gasteiger partial charge on any atom is 0.416 e. The first-order valence-corrected chi connectivity index (χ1v) is 6.88. The van der Waals surface area contributed by atoms with Gasteiger partial charge in [0.2, 0.25) is 5.89 Å². The maximum atomic E-state index is 12.6. The zero-order chi connectivity index (χ0) is 16.4. The molecule has 23 heavy (non-hydrogen) atoms. The Balaban J connectivity index is 1.71. The average Bonchev–Trinajstić information content (AvgIpc) is 2.94. The zero-order valence-electron chi connectivity index (χ0n) is 11.9. The van der Waals surface area contributed by atoms with Crippen LogP contribution in [-0.4, -0.2) is 17.6 Å². The van der Waals surface area contributed by atoms with E-state index in [2.05, 4.69) is 4.98 Å². The standard InChI is InChI=1S/C15H12F3NO4/c16-15(17,18)10-3-4-12-11(6-10)19-13(23-12)8-22-14(20)9-2-1-5-21-7-9/h3-4,6-7H,1-2,5,8H2. The molecule has 0 fully saturated rings. The Kier molecular flexibility index (Phi) is 3.97. The van der Waals surface area contributed by atoms with Gasteiger partial charge in [0.25, 0.3) is 0 Å². The monoisotopic (exact) mass is 327 g/mol. The molecule has 0 saturated heterocycles. The van der Waals surface area contributed by atoms with E-state index in [4.69, 9.17) is 13.9 Å². The first-order chi connectivity index (χ1) is 10.9. The van der Waals surface area contributed by atoms with Crippen LogP contribution in [0.1, 0.15) is 24.3 Å². The van der Waals surface area contributed by atoms with E-state index < -0.39 is 17.7 Å². The summed E-state index contributed by atoms with van der Waals surface area (Å²) in [7, 11) is 0. The van der Waals surface area contributed by atoms with Crippen LogP contribution < -0.4 is 0 Å². The smallest absolute Gasteiger partial charge is 0.416 e. The molecule has 122 valence electrons. The van der Waals surface area contributed by atoms with Crippen LogP contribution in [0.2, 0.25) is 0 Å². The lowest BCUT2D eigenvalue weighted by atomic mass is 10.1. The molecule has 0 N–H and O–H groups in total. The molecule has 0 atom stereocenters. The highest BCUT2D eigenvalue weighted by atomic mass is 19.4. The number of nitrogens with zero attached hydrogens (tertiary/aromatic N) is 1. The topological polar surface area (TPSA) is 61.6 Å². The Morgan fingerprint density at radius 3 is 2.87 bits per heavy atom. The van der Waals surface area contributed by atoms with E-state index in [9.17, 15) is 18.0 Å². The minimum atomic E-state index is -4.45. The van der Waals surface area contributed by atoms with Crippen molar-refractivity contribution in [1.82, 2.24) is 4.98 Å². The van der Waals surface area contributed by atoms with Crippen molar-refractivity contribution in [3.05, 3.63) is 41.5 Å². The third-order valence-electron chi connectivity index (χ3n) is 3.28. The third kappa shape index (κ3) is 3.46. The Hall–Kier alpha value is -2.51. The van der Waals surface area contributed by atoms with E-state index in [1.54, 1.807) is 0 Å². The summed E-state index contributed by atoms with van der Waals surface area (Å²) in [6, 6.07) is 2.99. The molecule has 0 radical (unpaired) electrons. The number of aromatic nitrogens is 1. The average molecular weight is 327 g/mol. The highest BCUT2D eigenvalue weighted by Crippen LogP contribution is 2.31. The van der Waals surface area contributed by atoms with Crippen LogP contribution in [-0.2, 0) is 27.1 Å². The largest absolute Gasteiger partial charge is 0.501 e. The van der Waals surface area contributed by atoms with Gasteiger partial charge in [-0.05, 0) is 31.0 Å². The summed E-state index contributed by atoms with van der Waals surface area (Å²) in [6.07, 6.45) is -1.81. The van der Waals surface area contributed by atoms with Crippen LogP contribution >= 0.6 is 0 Å². The maximum absolute atomic E-state index is 12.6. The molecule has 0 spiro atoms. The molecule has 0 aliphatic carbocycles. The van der Waals surface area contributed by atoms with Gasteiger partial charge < -0.3 is 13.9 Å². The molecule has 5 nitrogen and oxygen atoms in total. The second-order valence-electron chi connectivity index (χ2n) is 4.98. The predicted molar refractivity (Wildman–Crippen MR) is 72.1 cm³/mol. The van der Waals surface area contributed by atoms with E-state index in [0.29, 0.717) is 18.6 Å². The van der Waals surface area contributed by atoms with Gasteiger partial charge in [-0.15, -0.1) is 0 Å². The first kappa shape index (κ1) is 15.4. The third-order valence-corrected chi connectivity index (χ3v) is 3.28. The highest BCUT2D eigenvalue weighted by Gasteiger charge is 2.31. The summed E-state index contributed by atoms with van der Waals surface area (Å²) in [5, 5.41) is 0. The number of rotatable bonds is 3. The fourth-order valence-corrected chi connectivity index (χ4v) is 2.15. The Morgan fingerprint density at radius 2 is 2.17 bits per heavy atom. The SMILES string of the molecule is O=C(OCc1nc2cc(C(F)(F)F)ccc2o1)C1=COCCC1. The van der Waals surface area contributed by atoms with Crippen LogP contribution in [0, 0.1) is 0 Å². The van der Waals surface area contributed by atoms with E-state index in [-0.39, 0.29) is 23.6 Å². The van der Waals surface area contributed by atoms with Gasteiger partial charge in [-0.2, -0.15) is 13.2 Å². The van der Waals surface area contributed by atoms with E-state index >= 15 is 0 Å². The normalized spacial score (nSPS) is 15.2. The summed E-state index contributed by atoms with van der Waals surface area (Å²) in [6.45, 7) is 0.301. The molecular weight excluding hydrogens is 315 g/mol. The fourth-order valence-electron chi connectivity index (χ4n) is 2.15. The van der Waals surface area contributed by atoms with Gasteiger partial charge in [-0.1, -0.05) is 0 Å². The minimum Gasteiger partial charge on any atom is -0.501 e. The lowest BCUT2D eigenvalue weighted by Gasteiger charge is -2.11. The van der Waals surface area contributed by atoms with Crippen LogP contribution in [0.25, 0.3) is 11.1 Å². The van der Waals surface area contributed by atoms with Gasteiger partial charge in [0.1, 0.15) is 5.52 Å². The predicted octanol–water partition coefficient (Wildman–Crippen LogP) is 3.58. The second kappa shape index (κ2) is 5.94. The molecule has 1 aliphatic rings. The van der Waals surface area contributed by atoms with Crippen molar-refractivity contribution >= 4 is 17.1 Å². The number of benzene rings is 1. The second-order valence-corrected chi connectivity index (χ2v) is 4.98. The van der Waals surface area contributed by atoms with Crippen molar-refractivity contribution in [2.75, 3.05) is 6.61 Å². The summed E-state index contributed by atoms with van der Waals surface area (Å²) < 4.78 is 53.2. The Bertz CT molecular complexity index is 764. The number of carbonyl (C=O) groups excluding carboxylic acids is 1. The van der Waals surface area contributed by atoms with Gasteiger partial charge in [-0.25, -0.2) is 9.78 Å². The van der Waals surface area contributed by atoms with Gasteiger partial charge >= 0.3 is 12.1 Å². The van der Waals surface area contributed by atoms with Crippen molar-refractivity contribution in [2.24, 2.45) is 0 Å². The van der Waals surface area contributed by atoms with Crippen LogP contribution in [0.3, 0.4) is 0 Å². The molecule has 0 saturated carbocycles. The number of hydrogen-bond acceptors (Lipinski definition) is 5. The molecule has 0 bridgehead atoms. The Labute approximate surface area is 128 Å². The van der Waals surface area contributed by atoms with E-state index in [0.717, 1.165) is 18.6 Å². The van der Waals surface area contributed by atoms with Crippen molar-refractivity contribution in [2.45, 2.75) is 25.6 Å². The number of hydrogen-bond donors (Lipinski definition) is 0. The Morgan fingerprint density at radius 1 is 1.35 bits per heavy atom. The fraction of sp³-hybridized carbons (Fsp3) is 0.333. The number of ether oxygens (including phenoxy) is 2. The summed E-state index contributed by atoms with van der Waals surface area (Å²) in [5.74, 6) is -0.520. The van der Waals surface area contributed by atoms with Crippen molar-refractivity contribution in [3.63, 3.8) is 0 Å². The highest BCUT2D eigenvalue weighted by molar-refractivity contribution is 5.88. The molecule has 8 heteroatoms. The van der Waals surface area contributed by atoms with Crippen molar-refractivity contribution < 1.29 is 31.9 Å². The zero-order valence-corrected chi connectivity index (χ0v) is 11.9. The summed E-state index contributed by atoms with van der Waals surface area (Å²) in [4.78, 5) is 15.7. The molecule has 0 amide bonds. The van der Waals surface area contributed by atoms with Gasteiger partial charge in [-0.3, -0.25) is 0 Å². The van der Waals surface area contributed by atoms with Crippen LogP contribution in [0.5, 0.6) is 0 Å². The van der Waals surface area contributed by atoms with Gasteiger partial charge in [0, 0.05) is 0 Å². The lowest BCUT2D eigenvalue weighted by Crippen LogP contribution is -2.12. The van der Waals surface area contributed by atoms with E-state index in [1.165, 1.54) is 12.3 Å². The van der Waals surface area contributed by atoms with E-state index in [1.807, 2.05) is 0 Å². The molecule has 2 aromatic rings. The van der Waals surface area contributed by atoms with Crippen LogP contribution in [0.4, 0.5) is 13.2 Å².